The van der Waals surface area contributed by atoms with Crippen LogP contribution >= 0.6 is 0 Å². The molecular formula is C25H25NO5. The van der Waals surface area contributed by atoms with Crippen molar-refractivity contribution in [3.63, 3.8) is 0 Å². The number of carbonyl (C=O) groups excluding carboxylic acids is 1. The SMILES string of the molecule is COc1ccccc1/C=C(\C=O)c1cc(=O)oc2c(CN3CCCCC3)c(O)ccc12. The van der Waals surface area contributed by atoms with E-state index in [0.717, 1.165) is 37.8 Å². The number of hydrogen-bond acceptors (Lipinski definition) is 6. The Morgan fingerprint density at radius 2 is 1.94 bits per heavy atom. The van der Waals surface area contributed by atoms with E-state index in [1.165, 1.54) is 12.5 Å². The molecule has 6 heteroatoms. The van der Waals surface area contributed by atoms with Crippen LogP contribution in [0.15, 0.2) is 51.7 Å². The molecule has 0 unspecified atom stereocenters. The first-order chi connectivity index (χ1) is 15.1. The molecule has 0 aliphatic carbocycles. The zero-order valence-electron chi connectivity index (χ0n) is 17.5. The molecule has 0 spiro atoms. The molecule has 0 amide bonds. The smallest absolute Gasteiger partial charge is 0.336 e. The van der Waals surface area contributed by atoms with E-state index in [9.17, 15) is 14.7 Å². The molecular weight excluding hydrogens is 394 g/mol. The predicted molar refractivity (Wildman–Crippen MR) is 120 cm³/mol. The molecule has 0 bridgehead atoms. The van der Waals surface area contributed by atoms with E-state index in [0.29, 0.717) is 40.0 Å². The summed E-state index contributed by atoms with van der Waals surface area (Å²) in [4.78, 5) is 26.7. The lowest BCUT2D eigenvalue weighted by molar-refractivity contribution is -0.103. The Labute approximate surface area is 180 Å². The van der Waals surface area contributed by atoms with Crippen molar-refractivity contribution in [1.29, 1.82) is 0 Å². The van der Waals surface area contributed by atoms with E-state index in [4.69, 9.17) is 9.15 Å². The molecule has 2 aromatic carbocycles. The summed E-state index contributed by atoms with van der Waals surface area (Å²) in [5.41, 5.74) is 1.84. The van der Waals surface area contributed by atoms with Gasteiger partial charge in [0.1, 0.15) is 17.1 Å². The number of allylic oxidation sites excluding steroid dienone is 1. The van der Waals surface area contributed by atoms with E-state index in [2.05, 4.69) is 4.90 Å². The highest BCUT2D eigenvalue weighted by molar-refractivity contribution is 6.17. The van der Waals surface area contributed by atoms with Gasteiger partial charge in [-0.05, 0) is 50.2 Å². The first-order valence-corrected chi connectivity index (χ1v) is 10.4. The average molecular weight is 419 g/mol. The Kier molecular flexibility index (Phi) is 6.18. The molecule has 1 aliphatic heterocycles. The summed E-state index contributed by atoms with van der Waals surface area (Å²) in [6.07, 6.45) is 5.83. The normalized spacial score (nSPS) is 15.2. The standard InChI is InChI=1S/C25H25NO5/c1-30-23-8-4-3-7-17(23)13-18(16-27)20-14-24(29)31-25-19(20)9-10-22(28)21(25)15-26-11-5-2-6-12-26/h3-4,7-10,13-14,16,28H,2,5-6,11-12,15H2,1H3/b18-13+. The van der Waals surface area contributed by atoms with Gasteiger partial charge in [-0.25, -0.2) is 4.79 Å². The van der Waals surface area contributed by atoms with Gasteiger partial charge in [-0.3, -0.25) is 9.69 Å². The fourth-order valence-electron chi connectivity index (χ4n) is 4.13. The Hall–Kier alpha value is -3.38. The third-order valence-electron chi connectivity index (χ3n) is 5.71. The molecule has 1 fully saturated rings. The van der Waals surface area contributed by atoms with Crippen LogP contribution in [-0.2, 0) is 11.3 Å². The van der Waals surface area contributed by atoms with Crippen molar-refractivity contribution in [1.82, 2.24) is 4.90 Å². The van der Waals surface area contributed by atoms with Gasteiger partial charge in [-0.2, -0.15) is 0 Å². The Morgan fingerprint density at radius 3 is 2.68 bits per heavy atom. The maximum absolute atomic E-state index is 12.4. The van der Waals surface area contributed by atoms with Gasteiger partial charge < -0.3 is 14.3 Å². The summed E-state index contributed by atoms with van der Waals surface area (Å²) in [6.45, 7) is 2.36. The maximum Gasteiger partial charge on any atom is 0.336 e. The van der Waals surface area contributed by atoms with Gasteiger partial charge in [0.2, 0.25) is 0 Å². The van der Waals surface area contributed by atoms with E-state index >= 15 is 0 Å². The van der Waals surface area contributed by atoms with Gasteiger partial charge in [0.15, 0.2) is 6.29 Å². The van der Waals surface area contributed by atoms with Crippen molar-refractivity contribution in [3.8, 4) is 11.5 Å². The third-order valence-corrected chi connectivity index (χ3v) is 5.71. The van der Waals surface area contributed by atoms with Crippen LogP contribution in [0.2, 0.25) is 0 Å². The Morgan fingerprint density at radius 1 is 1.16 bits per heavy atom. The largest absolute Gasteiger partial charge is 0.507 e. The van der Waals surface area contributed by atoms with Gasteiger partial charge in [-0.15, -0.1) is 0 Å². The Balaban J connectivity index is 1.86. The molecule has 1 N–H and O–H groups in total. The average Bonchev–Trinajstić information content (AvgIpc) is 2.80. The summed E-state index contributed by atoms with van der Waals surface area (Å²) in [5.74, 6) is 0.706. The highest BCUT2D eigenvalue weighted by Crippen LogP contribution is 2.33. The number of nitrogens with zero attached hydrogens (tertiary/aromatic N) is 1. The van der Waals surface area contributed by atoms with Crippen LogP contribution in [0.3, 0.4) is 0 Å². The van der Waals surface area contributed by atoms with E-state index in [-0.39, 0.29) is 5.75 Å². The van der Waals surface area contributed by atoms with Crippen LogP contribution in [0, 0.1) is 0 Å². The number of ether oxygens (including phenoxy) is 1. The summed E-state index contributed by atoms with van der Waals surface area (Å²) in [6, 6.07) is 11.9. The van der Waals surface area contributed by atoms with Crippen LogP contribution in [0.25, 0.3) is 22.6 Å². The number of carbonyl (C=O) groups is 1. The van der Waals surface area contributed by atoms with Crippen LogP contribution in [-0.4, -0.2) is 36.5 Å². The monoisotopic (exact) mass is 419 g/mol. The molecule has 4 rings (SSSR count). The van der Waals surface area contributed by atoms with E-state index in [1.54, 1.807) is 31.4 Å². The van der Waals surface area contributed by atoms with Crippen LogP contribution in [0.1, 0.15) is 36.0 Å². The lowest BCUT2D eigenvalue weighted by atomic mass is 9.98. The second-order valence-corrected chi connectivity index (χ2v) is 7.72. The molecule has 3 aromatic rings. The van der Waals surface area contributed by atoms with Crippen LogP contribution in [0.4, 0.5) is 0 Å². The second-order valence-electron chi connectivity index (χ2n) is 7.72. The topological polar surface area (TPSA) is 80.0 Å². The van der Waals surface area contributed by atoms with Crippen molar-refractivity contribution in [3.05, 3.63) is 69.6 Å². The van der Waals surface area contributed by atoms with Crippen molar-refractivity contribution >= 4 is 28.9 Å². The summed E-state index contributed by atoms with van der Waals surface area (Å²) < 4.78 is 10.9. The maximum atomic E-state index is 12.4. The van der Waals surface area contributed by atoms with E-state index < -0.39 is 5.63 Å². The first-order valence-electron chi connectivity index (χ1n) is 10.4. The molecule has 0 radical (unpaired) electrons. The molecule has 1 saturated heterocycles. The number of phenols is 1. The van der Waals surface area contributed by atoms with Gasteiger partial charge in [0, 0.05) is 34.7 Å². The number of likely N-dealkylation sites (tertiary alicyclic amines) is 1. The van der Waals surface area contributed by atoms with Gasteiger partial charge >= 0.3 is 5.63 Å². The lowest BCUT2D eigenvalue weighted by Gasteiger charge is -2.26. The number of aromatic hydroxyl groups is 1. The van der Waals surface area contributed by atoms with Gasteiger partial charge in [0.05, 0.1) is 12.7 Å². The quantitative estimate of drug-likeness (QED) is 0.366. The molecule has 2 heterocycles. The molecule has 1 aliphatic rings. The summed E-state index contributed by atoms with van der Waals surface area (Å²) in [5, 5.41) is 11.1. The summed E-state index contributed by atoms with van der Waals surface area (Å²) >= 11 is 0. The molecule has 0 saturated carbocycles. The van der Waals surface area contributed by atoms with Crippen molar-refractivity contribution in [2.24, 2.45) is 0 Å². The number of para-hydroxylation sites is 1. The number of benzene rings is 2. The molecule has 0 atom stereocenters. The van der Waals surface area contributed by atoms with Crippen LogP contribution in [0.5, 0.6) is 11.5 Å². The molecule has 6 nitrogen and oxygen atoms in total. The van der Waals surface area contributed by atoms with Crippen molar-refractivity contribution in [2.45, 2.75) is 25.8 Å². The number of aldehydes is 1. The van der Waals surface area contributed by atoms with Crippen molar-refractivity contribution < 1.29 is 19.1 Å². The number of hydrogen-bond donors (Lipinski definition) is 1. The Bertz CT molecular complexity index is 1190. The van der Waals surface area contributed by atoms with Gasteiger partial charge in [0.25, 0.3) is 0 Å². The second kappa shape index (κ2) is 9.18. The fraction of sp³-hybridized carbons (Fsp3) is 0.280. The zero-order valence-corrected chi connectivity index (χ0v) is 17.5. The molecule has 31 heavy (non-hydrogen) atoms. The minimum absolute atomic E-state index is 0.0831. The minimum atomic E-state index is -0.569. The minimum Gasteiger partial charge on any atom is -0.507 e. The number of methoxy groups -OCH3 is 1. The van der Waals surface area contributed by atoms with Crippen LogP contribution < -0.4 is 10.4 Å². The number of phenolic OH excluding ortho intramolecular Hbond substituents is 1. The number of rotatable bonds is 6. The number of fused-ring (bicyclic) bond motifs is 1. The van der Waals surface area contributed by atoms with Crippen molar-refractivity contribution in [2.75, 3.05) is 20.2 Å². The third kappa shape index (κ3) is 4.39. The fourth-order valence-corrected chi connectivity index (χ4v) is 4.13. The highest BCUT2D eigenvalue weighted by atomic mass is 16.5. The predicted octanol–water partition coefficient (Wildman–Crippen LogP) is 4.23. The summed E-state index contributed by atoms with van der Waals surface area (Å²) in [7, 11) is 1.56. The number of piperidine rings is 1. The highest BCUT2D eigenvalue weighted by Gasteiger charge is 2.19. The lowest BCUT2D eigenvalue weighted by Crippen LogP contribution is -2.29. The van der Waals surface area contributed by atoms with E-state index in [1.807, 2.05) is 18.2 Å². The molecule has 160 valence electrons. The first kappa shape index (κ1) is 20.9. The molecule has 1 aromatic heterocycles. The van der Waals surface area contributed by atoms with Gasteiger partial charge in [-0.1, -0.05) is 24.6 Å². The zero-order chi connectivity index (χ0) is 21.8.